The number of hydrogen-bond acceptors (Lipinski definition) is 8. The quantitative estimate of drug-likeness (QED) is 0.378. The lowest BCUT2D eigenvalue weighted by Gasteiger charge is -2.12. The number of carbonyl (C=O) groups excluding carboxylic acids is 2. The summed E-state index contributed by atoms with van der Waals surface area (Å²) in [6.07, 6.45) is 0.699. The number of nitrogens with one attached hydrogen (secondary N) is 2. The predicted molar refractivity (Wildman–Crippen MR) is 134 cm³/mol. The van der Waals surface area contributed by atoms with E-state index in [2.05, 4.69) is 38.9 Å². The number of amides is 2. The lowest BCUT2D eigenvalue weighted by molar-refractivity contribution is -0.114. The van der Waals surface area contributed by atoms with E-state index >= 15 is 0 Å². The molecule has 0 radical (unpaired) electrons. The van der Waals surface area contributed by atoms with Crippen molar-refractivity contribution < 1.29 is 18.8 Å². The van der Waals surface area contributed by atoms with E-state index in [0.29, 0.717) is 28.0 Å². The Bertz CT molecular complexity index is 1550. The number of para-hydroxylation sites is 1. The largest absolute Gasteiger partial charge is 0.450 e. The third kappa shape index (κ3) is 4.89. The molecule has 0 aliphatic rings. The van der Waals surface area contributed by atoms with Gasteiger partial charge in [-0.2, -0.15) is 4.98 Å². The summed E-state index contributed by atoms with van der Waals surface area (Å²) in [5.74, 6) is -0.249. The molecule has 4 rings (SSSR count). The zero-order valence-corrected chi connectivity index (χ0v) is 19.6. The number of aromatic nitrogens is 4. The lowest BCUT2D eigenvalue weighted by Crippen LogP contribution is -2.30. The fourth-order valence-electron chi connectivity index (χ4n) is 3.39. The monoisotopic (exact) mass is 486 g/mol. The highest BCUT2D eigenvalue weighted by atomic mass is 16.5. The number of carbonyl (C=O) groups is 2. The van der Waals surface area contributed by atoms with Crippen LogP contribution in [-0.2, 0) is 9.53 Å². The number of benzene rings is 2. The number of ether oxygens (including phenoxy) is 1. The van der Waals surface area contributed by atoms with Gasteiger partial charge in [0.15, 0.2) is 5.82 Å². The number of anilines is 1. The molecule has 11 heteroatoms. The molecule has 2 N–H and O–H groups in total. The smallest absolute Gasteiger partial charge is 0.411 e. The van der Waals surface area contributed by atoms with Crippen molar-refractivity contribution in [2.45, 2.75) is 13.8 Å². The Morgan fingerprint density at radius 1 is 1.14 bits per heavy atom. The first kappa shape index (κ1) is 24.1. The van der Waals surface area contributed by atoms with Crippen molar-refractivity contribution in [3.63, 3.8) is 0 Å². The predicted octanol–water partition coefficient (Wildman–Crippen LogP) is 3.58. The van der Waals surface area contributed by atoms with Crippen molar-refractivity contribution in [1.82, 2.24) is 25.0 Å². The Hall–Kier alpha value is -5.06. The van der Waals surface area contributed by atoms with Crippen LogP contribution in [0, 0.1) is 6.92 Å². The number of aryl methyl sites for hydroxylation is 1. The van der Waals surface area contributed by atoms with Gasteiger partial charge in [0.1, 0.15) is 12.0 Å². The normalized spacial score (nSPS) is 10.6. The molecule has 0 atom stereocenters. The minimum atomic E-state index is -0.681. The molecular weight excluding hydrogens is 464 g/mol. The van der Waals surface area contributed by atoms with Gasteiger partial charge in [-0.25, -0.2) is 9.78 Å². The first-order chi connectivity index (χ1) is 17.3. The van der Waals surface area contributed by atoms with Crippen molar-refractivity contribution >= 4 is 40.0 Å². The van der Waals surface area contributed by atoms with Gasteiger partial charge in [-0.1, -0.05) is 42.6 Å². The summed E-state index contributed by atoms with van der Waals surface area (Å²) in [6.45, 7) is 11.0. The van der Waals surface area contributed by atoms with Crippen LogP contribution in [0.1, 0.15) is 18.6 Å². The zero-order valence-electron chi connectivity index (χ0n) is 19.6. The Morgan fingerprint density at radius 2 is 1.89 bits per heavy atom. The molecule has 2 aromatic carbocycles. The van der Waals surface area contributed by atoms with Crippen LogP contribution in [0.15, 0.2) is 71.3 Å². The average Bonchev–Trinajstić information content (AvgIpc) is 3.31. The summed E-state index contributed by atoms with van der Waals surface area (Å²) >= 11 is 0. The molecule has 36 heavy (non-hydrogen) atoms. The second-order valence-electron chi connectivity index (χ2n) is 7.57. The molecule has 2 amide bonds. The minimum Gasteiger partial charge on any atom is -0.450 e. The highest BCUT2D eigenvalue weighted by Gasteiger charge is 2.18. The Labute approximate surface area is 205 Å². The fourth-order valence-corrected chi connectivity index (χ4v) is 3.39. The van der Waals surface area contributed by atoms with Crippen LogP contribution in [0.2, 0.25) is 0 Å². The third-order valence-electron chi connectivity index (χ3n) is 5.11. The van der Waals surface area contributed by atoms with Crippen LogP contribution < -0.4 is 16.2 Å². The van der Waals surface area contributed by atoms with Crippen molar-refractivity contribution in [3.8, 4) is 11.1 Å². The Balaban J connectivity index is 1.59. The minimum absolute atomic E-state index is 0.0470. The van der Waals surface area contributed by atoms with Gasteiger partial charge in [0.2, 0.25) is 0 Å². The molecule has 4 aromatic rings. The van der Waals surface area contributed by atoms with Gasteiger partial charge in [0.25, 0.3) is 17.4 Å². The first-order valence-corrected chi connectivity index (χ1v) is 10.8. The van der Waals surface area contributed by atoms with E-state index in [-0.39, 0.29) is 23.9 Å². The van der Waals surface area contributed by atoms with Crippen molar-refractivity contribution in [2.75, 3.05) is 11.9 Å². The lowest BCUT2D eigenvalue weighted by atomic mass is 10.0. The molecule has 0 unspecified atom stereocenters. The van der Waals surface area contributed by atoms with E-state index in [9.17, 15) is 14.4 Å². The van der Waals surface area contributed by atoms with Gasteiger partial charge in [-0.15, -0.1) is 0 Å². The Morgan fingerprint density at radius 3 is 2.56 bits per heavy atom. The molecule has 0 aliphatic carbocycles. The van der Waals surface area contributed by atoms with Crippen LogP contribution in [0.3, 0.4) is 0 Å². The van der Waals surface area contributed by atoms with E-state index < -0.39 is 17.6 Å². The van der Waals surface area contributed by atoms with Gasteiger partial charge in [0.05, 0.1) is 23.2 Å². The molecule has 182 valence electrons. The van der Waals surface area contributed by atoms with E-state index in [1.165, 1.54) is 6.33 Å². The van der Waals surface area contributed by atoms with Gasteiger partial charge in [0, 0.05) is 11.3 Å². The van der Waals surface area contributed by atoms with Gasteiger partial charge < -0.3 is 14.6 Å². The number of fused-ring (bicyclic) bond motifs is 1. The van der Waals surface area contributed by atoms with Crippen LogP contribution in [0.4, 0.5) is 10.5 Å². The molecule has 2 aromatic heterocycles. The zero-order chi connectivity index (χ0) is 25.8. The highest BCUT2D eigenvalue weighted by molar-refractivity contribution is 6.15. The molecule has 0 saturated heterocycles. The standard InChI is InChI=1S/C25H22N6O5/c1-5-35-25(34)29-18-11-9-17(10-12-18)19-7-6-8-20-21(19)26-13-31(24(20)33)15(3)22(32)27-14(2)23-28-16(4)30-36-23/h6-13H,2-3,5H2,1,4H3,(H,27,32)(H,29,34). The van der Waals surface area contributed by atoms with Gasteiger partial charge in [-0.3, -0.25) is 19.5 Å². The molecule has 0 fully saturated rings. The fraction of sp³-hybridized carbons (Fsp3) is 0.120. The van der Waals surface area contributed by atoms with Gasteiger partial charge >= 0.3 is 6.09 Å². The summed E-state index contributed by atoms with van der Waals surface area (Å²) in [6, 6.07) is 12.2. The summed E-state index contributed by atoms with van der Waals surface area (Å²) in [7, 11) is 0. The second kappa shape index (κ2) is 10.1. The average molecular weight is 486 g/mol. The molecule has 0 saturated carbocycles. The Kier molecular flexibility index (Phi) is 6.72. The first-order valence-electron chi connectivity index (χ1n) is 10.8. The van der Waals surface area contributed by atoms with Crippen LogP contribution in [0.5, 0.6) is 0 Å². The van der Waals surface area contributed by atoms with Gasteiger partial charge in [-0.05, 0) is 37.6 Å². The van der Waals surface area contributed by atoms with Crippen molar-refractivity contribution in [3.05, 3.63) is 84.0 Å². The van der Waals surface area contributed by atoms with E-state index in [1.807, 2.05) is 6.07 Å². The maximum atomic E-state index is 13.2. The molecular formula is C25H22N6O5. The second-order valence-corrected chi connectivity index (χ2v) is 7.57. The topological polar surface area (TPSA) is 141 Å². The van der Waals surface area contributed by atoms with Crippen LogP contribution in [-0.4, -0.2) is 38.3 Å². The number of rotatable bonds is 7. The molecule has 0 spiro atoms. The number of nitrogens with zero attached hydrogens (tertiary/aromatic N) is 4. The maximum Gasteiger partial charge on any atom is 0.411 e. The molecule has 2 heterocycles. The molecule has 11 nitrogen and oxygen atoms in total. The van der Waals surface area contributed by atoms with Crippen molar-refractivity contribution in [1.29, 1.82) is 0 Å². The third-order valence-corrected chi connectivity index (χ3v) is 5.11. The van der Waals surface area contributed by atoms with Crippen LogP contribution >= 0.6 is 0 Å². The SMILES string of the molecule is C=C(NC(=O)C(=C)n1cnc2c(-c3ccc(NC(=O)OCC)cc3)cccc2c1=O)c1nc(C)no1. The highest BCUT2D eigenvalue weighted by Crippen LogP contribution is 2.27. The summed E-state index contributed by atoms with van der Waals surface area (Å²) in [5, 5.41) is 9.06. The molecule has 0 aliphatic heterocycles. The van der Waals surface area contributed by atoms with E-state index in [4.69, 9.17) is 9.26 Å². The summed E-state index contributed by atoms with van der Waals surface area (Å²) < 4.78 is 10.9. The maximum absolute atomic E-state index is 13.2. The number of hydrogen-bond donors (Lipinski definition) is 2. The van der Waals surface area contributed by atoms with Crippen molar-refractivity contribution in [2.24, 2.45) is 0 Å². The molecule has 0 bridgehead atoms. The summed E-state index contributed by atoms with van der Waals surface area (Å²) in [4.78, 5) is 45.9. The van der Waals surface area contributed by atoms with E-state index in [0.717, 1.165) is 10.1 Å². The summed E-state index contributed by atoms with van der Waals surface area (Å²) in [5.41, 5.74) is 1.94. The van der Waals surface area contributed by atoms with E-state index in [1.54, 1.807) is 50.2 Å². The van der Waals surface area contributed by atoms with Crippen LogP contribution in [0.25, 0.3) is 33.4 Å².